The lowest BCUT2D eigenvalue weighted by molar-refractivity contribution is 0.756. The lowest BCUT2D eigenvalue weighted by Gasteiger charge is -1.94. The van der Waals surface area contributed by atoms with Crippen LogP contribution in [0.2, 0.25) is 0 Å². The van der Waals surface area contributed by atoms with Gasteiger partial charge in [0.25, 0.3) is 0 Å². The molecule has 2 nitrogen and oxygen atoms in total. The number of hydrogen-bond donors (Lipinski definition) is 1. The van der Waals surface area contributed by atoms with Gasteiger partial charge < -0.3 is 9.88 Å². The standard InChI is InChI=1S/C8H14N2/c1-3-10-5-4-8(7-10)6-9-2/h4-5,7,9H,3,6H2,1-2H3. The van der Waals surface area contributed by atoms with Crippen LogP contribution in [0.5, 0.6) is 0 Å². The van der Waals surface area contributed by atoms with Gasteiger partial charge in [0.15, 0.2) is 0 Å². The molecule has 1 heterocycles. The van der Waals surface area contributed by atoms with Crippen molar-refractivity contribution >= 4 is 0 Å². The number of nitrogens with zero attached hydrogens (tertiary/aromatic N) is 1. The average molecular weight is 138 g/mol. The molecule has 1 aromatic rings. The number of hydrogen-bond acceptors (Lipinski definition) is 1. The van der Waals surface area contributed by atoms with Gasteiger partial charge in [-0.05, 0) is 25.6 Å². The summed E-state index contributed by atoms with van der Waals surface area (Å²) in [6, 6.07) is 2.14. The van der Waals surface area contributed by atoms with Gasteiger partial charge in [0, 0.05) is 25.5 Å². The molecule has 0 amide bonds. The molecule has 0 saturated carbocycles. The second-order valence-corrected chi connectivity index (χ2v) is 2.38. The van der Waals surface area contributed by atoms with E-state index in [-0.39, 0.29) is 0 Å². The number of aromatic nitrogens is 1. The van der Waals surface area contributed by atoms with E-state index in [0.717, 1.165) is 13.1 Å². The Hall–Kier alpha value is -0.760. The number of aryl methyl sites for hydroxylation is 1. The molecule has 0 aliphatic rings. The van der Waals surface area contributed by atoms with E-state index >= 15 is 0 Å². The summed E-state index contributed by atoms with van der Waals surface area (Å²) in [7, 11) is 1.96. The lowest BCUT2D eigenvalue weighted by Crippen LogP contribution is -2.03. The largest absolute Gasteiger partial charge is 0.354 e. The molecule has 0 spiro atoms. The summed E-state index contributed by atoms with van der Waals surface area (Å²) in [5.74, 6) is 0. The second-order valence-electron chi connectivity index (χ2n) is 2.38. The Morgan fingerprint density at radius 2 is 2.40 bits per heavy atom. The third-order valence-electron chi connectivity index (χ3n) is 1.56. The summed E-state index contributed by atoms with van der Waals surface area (Å²) in [6.45, 7) is 4.17. The molecule has 1 rings (SSSR count). The molecule has 1 aromatic heterocycles. The fourth-order valence-electron chi connectivity index (χ4n) is 0.996. The molecule has 0 unspecified atom stereocenters. The van der Waals surface area contributed by atoms with Gasteiger partial charge in [-0.2, -0.15) is 0 Å². The molecule has 1 N–H and O–H groups in total. The Kier molecular flexibility index (Phi) is 2.51. The van der Waals surface area contributed by atoms with Crippen LogP contribution < -0.4 is 5.32 Å². The fraction of sp³-hybridized carbons (Fsp3) is 0.500. The highest BCUT2D eigenvalue weighted by molar-refractivity contribution is 5.09. The van der Waals surface area contributed by atoms with Gasteiger partial charge in [-0.25, -0.2) is 0 Å². The van der Waals surface area contributed by atoms with Gasteiger partial charge in [-0.1, -0.05) is 0 Å². The van der Waals surface area contributed by atoms with Crippen LogP contribution in [0, 0.1) is 0 Å². The minimum absolute atomic E-state index is 0.965. The molecule has 0 aliphatic carbocycles. The van der Waals surface area contributed by atoms with Gasteiger partial charge in [-0.3, -0.25) is 0 Å². The van der Waals surface area contributed by atoms with Crippen molar-refractivity contribution in [2.75, 3.05) is 7.05 Å². The van der Waals surface area contributed by atoms with Crippen molar-refractivity contribution < 1.29 is 0 Å². The molecule has 56 valence electrons. The van der Waals surface area contributed by atoms with Crippen LogP contribution in [-0.4, -0.2) is 11.6 Å². The molecule has 0 fully saturated rings. The van der Waals surface area contributed by atoms with Crippen LogP contribution in [0.1, 0.15) is 12.5 Å². The van der Waals surface area contributed by atoms with E-state index in [9.17, 15) is 0 Å². The molecule has 0 aromatic carbocycles. The van der Waals surface area contributed by atoms with Gasteiger partial charge in [0.05, 0.1) is 0 Å². The van der Waals surface area contributed by atoms with E-state index in [2.05, 4.69) is 35.3 Å². The first-order valence-electron chi connectivity index (χ1n) is 3.66. The minimum Gasteiger partial charge on any atom is -0.354 e. The van der Waals surface area contributed by atoms with Crippen LogP contribution in [-0.2, 0) is 13.1 Å². The van der Waals surface area contributed by atoms with E-state index in [0.29, 0.717) is 0 Å². The predicted molar refractivity (Wildman–Crippen MR) is 42.9 cm³/mol. The smallest absolute Gasteiger partial charge is 0.0217 e. The van der Waals surface area contributed by atoms with Crippen LogP contribution in [0.3, 0.4) is 0 Å². The maximum Gasteiger partial charge on any atom is 0.0217 e. The van der Waals surface area contributed by atoms with Crippen molar-refractivity contribution in [2.24, 2.45) is 0 Å². The molecule has 2 heteroatoms. The molecule has 10 heavy (non-hydrogen) atoms. The zero-order chi connectivity index (χ0) is 7.40. The first-order chi connectivity index (χ1) is 4.86. The summed E-state index contributed by atoms with van der Waals surface area (Å²) in [5, 5.41) is 3.11. The molecular formula is C8H14N2. The summed E-state index contributed by atoms with van der Waals surface area (Å²) >= 11 is 0. The molecule has 0 bridgehead atoms. The van der Waals surface area contributed by atoms with E-state index in [1.54, 1.807) is 0 Å². The molecule has 0 aliphatic heterocycles. The summed E-state index contributed by atoms with van der Waals surface area (Å²) in [4.78, 5) is 0. The van der Waals surface area contributed by atoms with Gasteiger partial charge in [0.1, 0.15) is 0 Å². The van der Waals surface area contributed by atoms with Crippen molar-refractivity contribution in [2.45, 2.75) is 20.0 Å². The molecular weight excluding hydrogens is 124 g/mol. The molecule has 0 radical (unpaired) electrons. The van der Waals surface area contributed by atoms with Crippen LogP contribution in [0.25, 0.3) is 0 Å². The minimum atomic E-state index is 0.965. The summed E-state index contributed by atoms with van der Waals surface area (Å²) < 4.78 is 2.17. The average Bonchev–Trinajstić information content (AvgIpc) is 2.37. The van der Waals surface area contributed by atoms with E-state index in [1.165, 1.54) is 5.56 Å². The van der Waals surface area contributed by atoms with E-state index < -0.39 is 0 Å². The predicted octanol–water partition coefficient (Wildman–Crippen LogP) is 1.23. The van der Waals surface area contributed by atoms with Gasteiger partial charge in [0.2, 0.25) is 0 Å². The van der Waals surface area contributed by atoms with E-state index in [1.807, 2.05) is 7.05 Å². The maximum atomic E-state index is 3.11. The Morgan fingerprint density at radius 1 is 1.60 bits per heavy atom. The van der Waals surface area contributed by atoms with Gasteiger partial charge >= 0.3 is 0 Å². The van der Waals surface area contributed by atoms with Crippen LogP contribution in [0.4, 0.5) is 0 Å². The highest BCUT2D eigenvalue weighted by atomic mass is 14.9. The van der Waals surface area contributed by atoms with Crippen LogP contribution in [0.15, 0.2) is 18.5 Å². The highest BCUT2D eigenvalue weighted by Gasteiger charge is 1.91. The highest BCUT2D eigenvalue weighted by Crippen LogP contribution is 1.99. The van der Waals surface area contributed by atoms with Crippen molar-refractivity contribution in [1.29, 1.82) is 0 Å². The SMILES string of the molecule is CCn1ccc(CNC)c1. The quantitative estimate of drug-likeness (QED) is 0.664. The third kappa shape index (κ3) is 1.61. The van der Waals surface area contributed by atoms with Gasteiger partial charge in [-0.15, -0.1) is 0 Å². The number of rotatable bonds is 3. The van der Waals surface area contributed by atoms with Crippen molar-refractivity contribution in [3.63, 3.8) is 0 Å². The fourth-order valence-corrected chi connectivity index (χ4v) is 0.996. The Balaban J connectivity index is 2.59. The van der Waals surface area contributed by atoms with Crippen molar-refractivity contribution in [1.82, 2.24) is 9.88 Å². The Labute approximate surface area is 61.9 Å². The van der Waals surface area contributed by atoms with Crippen LogP contribution >= 0.6 is 0 Å². The second kappa shape index (κ2) is 3.42. The Bertz CT molecular complexity index is 191. The zero-order valence-corrected chi connectivity index (χ0v) is 6.59. The molecule has 0 saturated heterocycles. The summed E-state index contributed by atoms with van der Waals surface area (Å²) in [5.41, 5.74) is 1.35. The first kappa shape index (κ1) is 7.35. The maximum absolute atomic E-state index is 3.11. The monoisotopic (exact) mass is 138 g/mol. The Morgan fingerprint density at radius 3 is 2.90 bits per heavy atom. The number of nitrogens with one attached hydrogen (secondary N) is 1. The van der Waals surface area contributed by atoms with Crippen molar-refractivity contribution in [3.8, 4) is 0 Å². The zero-order valence-electron chi connectivity index (χ0n) is 6.59. The van der Waals surface area contributed by atoms with Crippen molar-refractivity contribution in [3.05, 3.63) is 24.0 Å². The normalized spacial score (nSPS) is 10.2. The third-order valence-corrected chi connectivity index (χ3v) is 1.56. The summed E-state index contributed by atoms with van der Waals surface area (Å²) in [6.07, 6.45) is 4.27. The molecule has 0 atom stereocenters. The topological polar surface area (TPSA) is 17.0 Å². The van der Waals surface area contributed by atoms with E-state index in [4.69, 9.17) is 0 Å². The first-order valence-corrected chi connectivity index (χ1v) is 3.66. The lowest BCUT2D eigenvalue weighted by atomic mass is 10.3.